The zero-order valence-electron chi connectivity index (χ0n) is 61.2. The van der Waals surface area contributed by atoms with Crippen molar-refractivity contribution in [2.45, 2.75) is 184 Å². The predicted octanol–water partition coefficient (Wildman–Crippen LogP) is 16.4. The number of allylic oxidation sites excluding steroid dienone is 4. The molecule has 560 valence electrons. The molecule has 0 saturated heterocycles. The molecule has 0 spiro atoms. The van der Waals surface area contributed by atoms with Crippen molar-refractivity contribution in [3.05, 3.63) is 131 Å². The van der Waals surface area contributed by atoms with Gasteiger partial charge in [0.05, 0.1) is 84.3 Å². The summed E-state index contributed by atoms with van der Waals surface area (Å²) >= 11 is 3.09. The van der Waals surface area contributed by atoms with Gasteiger partial charge in [-0.3, -0.25) is 33.6 Å². The lowest BCUT2D eigenvalue weighted by molar-refractivity contribution is -0.153. The van der Waals surface area contributed by atoms with Crippen LogP contribution in [0.5, 0.6) is 17.2 Å². The molecule has 0 unspecified atom stereocenters. The van der Waals surface area contributed by atoms with Gasteiger partial charge in [-0.1, -0.05) is 66.9 Å². The Kier molecular flexibility index (Phi) is 30.5. The molecule has 0 aliphatic heterocycles. The number of hydrogen-bond acceptors (Lipinski definition) is 18. The van der Waals surface area contributed by atoms with Crippen LogP contribution in [0.25, 0.3) is 43.2 Å². The van der Waals surface area contributed by atoms with E-state index in [1.54, 1.807) is 98.9 Å². The average molecular weight is 1450 g/mol. The van der Waals surface area contributed by atoms with E-state index >= 15 is 0 Å². The Balaban J connectivity index is 0.000000265. The number of ketones is 2. The average Bonchev–Trinajstić information content (AvgIpc) is 1.64. The predicted molar refractivity (Wildman–Crippen MR) is 413 cm³/mol. The molecule has 4 saturated carbocycles. The van der Waals surface area contributed by atoms with Crippen molar-refractivity contribution in [2.24, 2.45) is 46.3 Å². The van der Waals surface area contributed by atoms with Crippen LogP contribution in [-0.2, 0) is 38.2 Å². The molecule has 4 aliphatic carbocycles. The molecule has 6 aromatic rings. The van der Waals surface area contributed by atoms with Gasteiger partial charge in [0.25, 0.3) is 0 Å². The lowest BCUT2D eigenvalue weighted by Crippen LogP contribution is -2.38. The van der Waals surface area contributed by atoms with E-state index in [2.05, 4.69) is 69.4 Å². The number of thiazole rings is 2. The minimum absolute atomic E-state index is 0. The Morgan fingerprint density at radius 1 is 0.641 bits per heavy atom. The van der Waals surface area contributed by atoms with Crippen molar-refractivity contribution in [2.75, 3.05) is 54.6 Å². The Bertz CT molecular complexity index is 4060. The van der Waals surface area contributed by atoms with E-state index in [1.807, 2.05) is 55.6 Å². The molecule has 0 bridgehead atoms. The van der Waals surface area contributed by atoms with Gasteiger partial charge in [-0.25, -0.2) is 15.0 Å². The van der Waals surface area contributed by atoms with Crippen LogP contribution in [0, 0.1) is 60.2 Å². The minimum atomic E-state index is -0.909. The highest BCUT2D eigenvalue weighted by Crippen LogP contribution is 2.59. The molecule has 10 rings (SSSR count). The van der Waals surface area contributed by atoms with Crippen LogP contribution >= 0.6 is 22.7 Å². The lowest BCUT2D eigenvalue weighted by atomic mass is 9.84. The van der Waals surface area contributed by atoms with Crippen LogP contribution in [0.1, 0.15) is 181 Å². The number of esters is 2. The number of benzene rings is 2. The summed E-state index contributed by atoms with van der Waals surface area (Å²) in [6.07, 6.45) is 14.0. The molecule has 21 heteroatoms. The summed E-state index contributed by atoms with van der Waals surface area (Å²) in [5.41, 5.74) is 5.11. The van der Waals surface area contributed by atoms with E-state index in [-0.39, 0.29) is 106 Å². The second-order valence-corrected chi connectivity index (χ2v) is 29.8. The number of rotatable bonds is 32. The van der Waals surface area contributed by atoms with Gasteiger partial charge in [-0.05, 0) is 153 Å². The van der Waals surface area contributed by atoms with Crippen LogP contribution in [0.4, 0.5) is 0 Å². The molecule has 4 aromatic heterocycles. The van der Waals surface area contributed by atoms with Gasteiger partial charge in [-0.2, -0.15) is 0 Å². The summed E-state index contributed by atoms with van der Waals surface area (Å²) in [6, 6.07) is 11.0. The number of pyridine rings is 2. The molecule has 19 nitrogen and oxygen atoms in total. The Labute approximate surface area is 618 Å². The van der Waals surface area contributed by atoms with Crippen molar-refractivity contribution in [1.29, 1.82) is 0 Å². The van der Waals surface area contributed by atoms with E-state index in [9.17, 15) is 38.7 Å². The highest BCUT2D eigenvalue weighted by Gasteiger charge is 2.63. The number of aliphatic hydroxyl groups excluding tert-OH is 1. The van der Waals surface area contributed by atoms with E-state index in [0.29, 0.717) is 67.9 Å². The SMILES string of the molecule is C.C.C=CCCCCN(C)C(=O)[C@@H]1C[C@@H](O)C[C@H]1C(=O)C[C@]1(C(=O)OCC)C[C@H]1C=C.C=CCCCCN(C)C(=O)[C@@H]1C[C@H](Oc2cc(-c3nc(C(C)C)cs3)nc3c(C)c(OC)ccc23)C[C@H]1C(=O)C[C@]1(C(=O)OCC)C[C@H]1C=C.COc1ccc2c(=O)cc(-c3nc(C(C)C)cs3)[nH]c2c1C. The second kappa shape index (κ2) is 37.5. The van der Waals surface area contributed by atoms with Gasteiger partial charge < -0.3 is 43.6 Å². The third kappa shape index (κ3) is 19.4. The number of carbonyl (C=O) groups is 6. The third-order valence-corrected chi connectivity index (χ3v) is 22.3. The number of amides is 2. The van der Waals surface area contributed by atoms with Gasteiger partial charge in [0, 0.05) is 96.7 Å². The Morgan fingerprint density at radius 2 is 1.11 bits per heavy atom. The number of aromatic nitrogens is 4. The number of nitrogens with one attached hydrogen (secondary N) is 1. The summed E-state index contributed by atoms with van der Waals surface area (Å²) in [6.45, 7) is 32.7. The zero-order valence-corrected chi connectivity index (χ0v) is 62.8. The summed E-state index contributed by atoms with van der Waals surface area (Å²) in [4.78, 5) is 113. The number of aliphatic hydroxyl groups is 1. The fraction of sp³-hybridized carbons (Fsp3) is 0.537. The number of H-pyrrole nitrogens is 1. The molecule has 2 N–H and O–H groups in total. The largest absolute Gasteiger partial charge is 0.496 e. The number of methoxy groups -OCH3 is 2. The number of carbonyl (C=O) groups excluding carboxylic acids is 6. The summed E-state index contributed by atoms with van der Waals surface area (Å²) in [7, 11) is 6.82. The fourth-order valence-corrected chi connectivity index (χ4v) is 16.2. The number of aryl methyl sites for hydroxylation is 2. The van der Waals surface area contributed by atoms with Crippen molar-refractivity contribution >= 4 is 79.8 Å². The van der Waals surface area contributed by atoms with Gasteiger partial charge in [0.1, 0.15) is 50.6 Å². The molecular weight excluding hydrogens is 1340 g/mol. The first-order valence-electron chi connectivity index (χ1n) is 35.6. The van der Waals surface area contributed by atoms with Crippen molar-refractivity contribution in [1.82, 2.24) is 29.7 Å². The maximum Gasteiger partial charge on any atom is 0.313 e. The maximum absolute atomic E-state index is 14.2. The minimum Gasteiger partial charge on any atom is -0.496 e. The molecular formula is C82H112N6O13S2. The van der Waals surface area contributed by atoms with Crippen LogP contribution in [0.15, 0.2) is 103 Å². The van der Waals surface area contributed by atoms with Gasteiger partial charge in [0.15, 0.2) is 5.43 Å². The lowest BCUT2D eigenvalue weighted by Gasteiger charge is -2.25. The number of ether oxygens (including phenoxy) is 5. The fourth-order valence-electron chi connectivity index (χ4n) is 14.3. The first-order chi connectivity index (χ1) is 48.3. The van der Waals surface area contributed by atoms with Crippen LogP contribution in [-0.4, -0.2) is 137 Å². The monoisotopic (exact) mass is 1450 g/mol. The quantitative estimate of drug-likeness (QED) is 0.0226. The summed E-state index contributed by atoms with van der Waals surface area (Å²) in [5.74, 6) is -0.796. The standard InChI is InChI=1S/C40H51N3O6S.C23H35NO5.C17H18N2O2S.2CH4/c1-9-12-13-14-17-43(7)38(45)30-19-27(18-29(30)33(44)22-40(21-26(40)10-2)39(46)48-11-3)49-35-20-31(37-42-32(23-50-37)24(4)5)41-36-25(6)34(47-8)16-15-28(35)36;1-5-8-9-10-11-24(4)21(27)19-13-17(25)12-18(19)20(26)15-23(14-16(23)6-2)22(28)29-7-3;1-9(2)13-8-22-17(19-13)12-7-14(20)11-5-6-15(21-4)10(3)16(11)18-12;;/h9-10,15-16,20,23-24,26-27,29-30H,1-2,11-14,17-19,21-22H2,3-8H3;5-6,16-19,25H,1-2,7-15H2,3-4H3;5-9H,1-4H3,(H,18,20);2*1H4/t26-,27-,29-,30-,40-;16-,17+,18-,19-,23-;;;/m11.../s1. The molecule has 2 amide bonds. The van der Waals surface area contributed by atoms with Crippen LogP contribution in [0.3, 0.4) is 0 Å². The number of Topliss-reactive ketones (excluding diaryl/α,β-unsaturated/α-hetero) is 2. The second-order valence-electron chi connectivity index (χ2n) is 28.1. The molecule has 0 radical (unpaired) electrons. The van der Waals surface area contributed by atoms with Gasteiger partial charge in [-0.15, -0.1) is 49.0 Å². The molecule has 4 aliphatic rings. The topological polar surface area (TPSA) is 247 Å². The van der Waals surface area contributed by atoms with Crippen molar-refractivity contribution < 1.29 is 57.6 Å². The zero-order chi connectivity index (χ0) is 73.6. The Hall–Kier alpha value is -8.14. The maximum atomic E-state index is 14.2. The number of aromatic amines is 1. The van der Waals surface area contributed by atoms with Gasteiger partial charge in [0.2, 0.25) is 11.8 Å². The molecule has 2 aromatic carbocycles. The molecule has 4 heterocycles. The first-order valence-corrected chi connectivity index (χ1v) is 37.4. The summed E-state index contributed by atoms with van der Waals surface area (Å²) in [5, 5.41) is 17.4. The summed E-state index contributed by atoms with van der Waals surface area (Å²) < 4.78 is 28.4. The highest BCUT2D eigenvalue weighted by molar-refractivity contribution is 7.13. The van der Waals surface area contributed by atoms with E-state index in [4.69, 9.17) is 33.7 Å². The van der Waals surface area contributed by atoms with E-state index < -0.39 is 46.7 Å². The van der Waals surface area contributed by atoms with E-state index in [1.165, 1.54) is 0 Å². The van der Waals surface area contributed by atoms with Crippen LogP contribution < -0.4 is 19.6 Å². The van der Waals surface area contributed by atoms with Gasteiger partial charge >= 0.3 is 11.9 Å². The molecule has 4 fully saturated rings. The number of unbranched alkanes of at least 4 members (excludes halogenated alkanes) is 4. The normalized spacial score (nSPS) is 22.0. The number of fused-ring (bicyclic) bond motifs is 2. The molecule has 103 heavy (non-hydrogen) atoms. The first kappa shape index (κ1) is 83.8. The smallest absolute Gasteiger partial charge is 0.313 e. The molecule has 10 atom stereocenters. The Morgan fingerprint density at radius 3 is 1.58 bits per heavy atom. The third-order valence-electron chi connectivity index (χ3n) is 20.5. The van der Waals surface area contributed by atoms with Crippen molar-refractivity contribution in [3.8, 4) is 38.7 Å². The number of nitrogens with zero attached hydrogens (tertiary/aromatic N) is 5. The van der Waals surface area contributed by atoms with Crippen molar-refractivity contribution in [3.63, 3.8) is 0 Å². The van der Waals surface area contributed by atoms with Crippen LogP contribution in [0.2, 0.25) is 0 Å². The number of hydrogen-bond donors (Lipinski definition) is 2. The highest BCUT2D eigenvalue weighted by atomic mass is 32.1. The van der Waals surface area contributed by atoms with E-state index in [0.717, 1.165) is 105 Å².